The van der Waals surface area contributed by atoms with Gasteiger partial charge in [-0.1, -0.05) is 11.8 Å². The van der Waals surface area contributed by atoms with Crippen molar-refractivity contribution in [2.24, 2.45) is 0 Å². The van der Waals surface area contributed by atoms with Gasteiger partial charge in [-0.15, -0.1) is 23.5 Å². The number of hydrogen-bond acceptors (Lipinski definition) is 15. The van der Waals surface area contributed by atoms with Gasteiger partial charge in [0.15, 0.2) is 0 Å². The van der Waals surface area contributed by atoms with E-state index in [-0.39, 0.29) is 60.9 Å². The van der Waals surface area contributed by atoms with Gasteiger partial charge in [0, 0.05) is 28.8 Å². The van der Waals surface area contributed by atoms with Crippen molar-refractivity contribution in [2.75, 3.05) is 90.9 Å². The Morgan fingerprint density at radius 1 is 0.515 bits per heavy atom. The second-order valence-electron chi connectivity index (χ2n) is 5.55. The van der Waals surface area contributed by atoms with Crippen LogP contribution in [0.1, 0.15) is 0 Å². The van der Waals surface area contributed by atoms with E-state index in [9.17, 15) is 14.4 Å². The summed E-state index contributed by atoms with van der Waals surface area (Å²) in [5, 5.41) is 17.3. The summed E-state index contributed by atoms with van der Waals surface area (Å²) >= 11 is 6.72. The summed E-state index contributed by atoms with van der Waals surface area (Å²) in [6.45, 7) is 1.14. The van der Waals surface area contributed by atoms with Gasteiger partial charge in [-0.05, 0) is 0 Å². The molecule has 0 heterocycles. The smallest absolute Gasteiger partial charge is 0.316 e. The molecule has 0 aliphatic carbocycles. The van der Waals surface area contributed by atoms with Crippen LogP contribution in [-0.4, -0.2) is 119 Å². The third-order valence-electron chi connectivity index (χ3n) is 2.94. The molecule has 0 atom stereocenters. The number of aliphatic hydroxyl groups excluding tert-OH is 2. The zero-order valence-electron chi connectivity index (χ0n) is 18.3. The van der Waals surface area contributed by atoms with Crippen LogP contribution in [0.3, 0.4) is 0 Å². The van der Waals surface area contributed by atoms with Gasteiger partial charge in [0.05, 0.1) is 37.1 Å². The van der Waals surface area contributed by atoms with Gasteiger partial charge in [0.1, 0.15) is 25.1 Å². The predicted octanol–water partition coefficient (Wildman–Crippen LogP) is 1.13. The molecule has 0 aromatic heterocycles. The third-order valence-corrected chi connectivity index (χ3v) is 7.12. The Labute approximate surface area is 215 Å². The molecule has 0 amide bonds. The van der Waals surface area contributed by atoms with Crippen molar-refractivity contribution in [1.82, 2.24) is 0 Å². The van der Waals surface area contributed by atoms with E-state index >= 15 is 0 Å². The van der Waals surface area contributed by atoms with Gasteiger partial charge in [-0.2, -0.15) is 23.5 Å². The van der Waals surface area contributed by atoms with Crippen LogP contribution in [0.15, 0.2) is 0 Å². The van der Waals surface area contributed by atoms with Crippen LogP contribution >= 0.6 is 58.8 Å². The molecule has 0 aromatic rings. The summed E-state index contributed by atoms with van der Waals surface area (Å²) in [6, 6.07) is 0. The number of carbonyl (C=O) groups excluding carboxylic acids is 3. The molecule has 0 saturated heterocycles. The zero-order chi connectivity index (χ0) is 24.4. The molecule has 0 bridgehead atoms. The van der Waals surface area contributed by atoms with Crippen molar-refractivity contribution in [2.45, 2.75) is 0 Å². The van der Waals surface area contributed by atoms with Crippen LogP contribution in [0.25, 0.3) is 0 Å². The summed E-state index contributed by atoms with van der Waals surface area (Å²) in [6.07, 6.45) is 0. The molecule has 0 aliphatic rings. The molecule has 2 N–H and O–H groups in total. The zero-order valence-corrected chi connectivity index (χ0v) is 22.4. The first-order valence-electron chi connectivity index (χ1n) is 9.91. The molecule has 0 aliphatic heterocycles. The summed E-state index contributed by atoms with van der Waals surface area (Å²) in [4.78, 5) is 44.4. The van der Waals surface area contributed by atoms with E-state index in [0.29, 0.717) is 42.0 Å². The molecule has 10 nitrogen and oxygen atoms in total. The van der Waals surface area contributed by atoms with Crippen LogP contribution in [0.4, 0.5) is 0 Å². The van der Waals surface area contributed by atoms with E-state index in [1.807, 2.05) is 0 Å². The molecule has 0 aromatic carbocycles. The lowest BCUT2D eigenvalue weighted by Gasteiger charge is -2.06. The summed E-state index contributed by atoms with van der Waals surface area (Å²) in [5.74, 6) is 2.63. The first-order chi connectivity index (χ1) is 16.1. The maximum Gasteiger partial charge on any atom is 0.316 e. The average molecular weight is 569 g/mol. The van der Waals surface area contributed by atoms with Crippen molar-refractivity contribution >= 4 is 76.7 Å². The Bertz CT molecular complexity index is 501. The number of esters is 3. The van der Waals surface area contributed by atoms with Crippen LogP contribution in [0, 0.1) is 0 Å². The lowest BCUT2D eigenvalue weighted by Crippen LogP contribution is -2.13. The van der Waals surface area contributed by atoms with Crippen LogP contribution in [0.5, 0.6) is 0 Å². The largest absolute Gasteiger partial charge is 0.464 e. The summed E-state index contributed by atoms with van der Waals surface area (Å²) < 4.78 is 15.0. The van der Waals surface area contributed by atoms with Gasteiger partial charge >= 0.3 is 17.9 Å². The minimum absolute atomic E-state index is 0.0490. The Morgan fingerprint density at radius 3 is 1.61 bits per heavy atom. The molecule has 0 fully saturated rings. The molecule has 0 rings (SSSR count). The second-order valence-corrected chi connectivity index (χ2v) is 11.0. The first-order valence-corrected chi connectivity index (χ1v) is 15.7. The number of thioether (sulfide) groups is 5. The van der Waals surface area contributed by atoms with Gasteiger partial charge in [0.2, 0.25) is 0 Å². The Balaban J connectivity index is 3.33. The van der Waals surface area contributed by atoms with Crippen molar-refractivity contribution in [3.05, 3.63) is 0 Å². The van der Waals surface area contributed by atoms with E-state index in [1.54, 1.807) is 0 Å². The van der Waals surface area contributed by atoms with E-state index in [2.05, 4.69) is 0 Å². The molecule has 0 saturated carbocycles. The summed E-state index contributed by atoms with van der Waals surface area (Å²) in [7, 11) is 0. The van der Waals surface area contributed by atoms with Gasteiger partial charge in [0.25, 0.3) is 0 Å². The molecule has 15 heteroatoms. The number of carbonyl (C=O) groups is 3. The Morgan fingerprint density at radius 2 is 1.03 bits per heavy atom. The number of aliphatic hydroxyl groups is 2. The number of hydrogen-bond donors (Lipinski definition) is 2. The number of rotatable bonds is 24. The maximum atomic E-state index is 11.6. The fraction of sp³-hybridized carbons (Fsp3) is 0.833. The van der Waals surface area contributed by atoms with Crippen molar-refractivity contribution < 1.29 is 48.6 Å². The predicted molar refractivity (Wildman–Crippen MR) is 136 cm³/mol. The lowest BCUT2D eigenvalue weighted by molar-refractivity contribution is -0.274. The topological polar surface area (TPSA) is 138 Å². The van der Waals surface area contributed by atoms with Crippen molar-refractivity contribution in [3.8, 4) is 0 Å². The van der Waals surface area contributed by atoms with E-state index in [0.717, 1.165) is 11.8 Å². The highest BCUT2D eigenvalue weighted by Crippen LogP contribution is 2.07. The fourth-order valence-electron chi connectivity index (χ4n) is 1.62. The monoisotopic (exact) mass is 568 g/mol. The molecule has 33 heavy (non-hydrogen) atoms. The second kappa shape index (κ2) is 26.6. The SMILES string of the molecule is O=C(CSCCOOCSCOC(=O)CSCC(=O)OCCSCCO)OCCSCCO. The average Bonchev–Trinajstić information content (AvgIpc) is 2.80. The maximum absolute atomic E-state index is 11.6. The van der Waals surface area contributed by atoms with Crippen LogP contribution in [0.2, 0.25) is 0 Å². The quantitative estimate of drug-likeness (QED) is 0.0429. The Hall–Kier alpha value is -0.000000000000000187. The van der Waals surface area contributed by atoms with Gasteiger partial charge in [-0.25, -0.2) is 9.78 Å². The minimum Gasteiger partial charge on any atom is -0.464 e. The summed E-state index contributed by atoms with van der Waals surface area (Å²) in [5.41, 5.74) is 0. The third kappa shape index (κ3) is 26.4. The standard InChI is InChI=1S/C18H32O10S5/c19-1-6-29-8-3-24-16(21)11-31-10-5-27-28-15-33-14-26-18(23)13-32-12-17(22)25-4-9-30-7-2-20/h19-20H,1-15H2. The van der Waals surface area contributed by atoms with Crippen molar-refractivity contribution in [3.63, 3.8) is 0 Å². The molecular weight excluding hydrogens is 537 g/mol. The Kier molecular flexibility index (Phi) is 26.6. The molecule has 0 radical (unpaired) electrons. The fourth-order valence-corrected chi connectivity index (χ4v) is 4.29. The molecule has 0 spiro atoms. The number of ether oxygens (including phenoxy) is 3. The first kappa shape index (κ1) is 33.0. The molecule has 194 valence electrons. The highest BCUT2D eigenvalue weighted by molar-refractivity contribution is 8.00. The van der Waals surface area contributed by atoms with Crippen LogP contribution < -0.4 is 0 Å². The minimum atomic E-state index is -0.435. The lowest BCUT2D eigenvalue weighted by atomic mass is 10.7. The van der Waals surface area contributed by atoms with E-state index < -0.39 is 5.97 Å². The molecular formula is C18H32O10S5. The van der Waals surface area contributed by atoms with Gasteiger partial charge < -0.3 is 24.4 Å². The van der Waals surface area contributed by atoms with E-state index in [4.69, 9.17) is 34.2 Å². The van der Waals surface area contributed by atoms with Crippen LogP contribution in [-0.2, 0) is 38.4 Å². The highest BCUT2D eigenvalue weighted by atomic mass is 32.2. The van der Waals surface area contributed by atoms with Crippen molar-refractivity contribution in [1.29, 1.82) is 0 Å². The molecule has 0 unspecified atom stereocenters. The normalized spacial score (nSPS) is 10.7. The van der Waals surface area contributed by atoms with E-state index in [1.165, 1.54) is 47.0 Å². The van der Waals surface area contributed by atoms with Gasteiger partial charge in [-0.3, -0.25) is 14.4 Å². The highest BCUT2D eigenvalue weighted by Gasteiger charge is 2.08.